The third kappa shape index (κ3) is 8.00. The average Bonchev–Trinajstić information content (AvgIpc) is 3.97. The molecule has 1 aromatic rings. The van der Waals surface area contributed by atoms with E-state index in [1.807, 2.05) is 36.4 Å². The molecule has 48 heavy (non-hydrogen) atoms. The number of cyclic esters (lactones) is 1. The summed E-state index contributed by atoms with van der Waals surface area (Å²) in [6, 6.07) is 5.22. The van der Waals surface area contributed by atoms with Gasteiger partial charge in [-0.2, -0.15) is 0 Å². The molecule has 2 heterocycles. The van der Waals surface area contributed by atoms with Gasteiger partial charge in [-0.15, -0.1) is 6.58 Å². The minimum atomic E-state index is -3.90. The molecule has 1 unspecified atom stereocenters. The molecule has 3 fully saturated rings. The first-order valence-electron chi connectivity index (χ1n) is 16.3. The summed E-state index contributed by atoms with van der Waals surface area (Å²) in [6.07, 6.45) is 4.97. The van der Waals surface area contributed by atoms with E-state index in [1.54, 1.807) is 13.8 Å². The molecule has 4 aliphatic rings. The largest absolute Gasteiger partial charge is 0.450 e. The zero-order chi connectivity index (χ0) is 34.6. The number of ether oxygens (including phenoxy) is 2. The lowest BCUT2D eigenvalue weighted by atomic mass is 10.0. The van der Waals surface area contributed by atoms with Crippen LogP contribution in [0.2, 0.25) is 0 Å². The van der Waals surface area contributed by atoms with Crippen molar-refractivity contribution in [3.63, 3.8) is 0 Å². The average molecular weight is 686 g/mol. The predicted molar refractivity (Wildman–Crippen MR) is 174 cm³/mol. The summed E-state index contributed by atoms with van der Waals surface area (Å²) in [7, 11) is -3.90. The number of alkyl carbamates (subject to hydrolysis) is 2. The number of fused-ring (bicyclic) bond motifs is 3. The smallest absolute Gasteiger partial charge is 0.407 e. The molecule has 0 aromatic heterocycles. The number of benzene rings is 1. The molecule has 14 nitrogen and oxygen atoms in total. The zero-order valence-electron chi connectivity index (χ0n) is 27.1. The summed E-state index contributed by atoms with van der Waals surface area (Å²) in [4.78, 5) is 68.1. The Kier molecular flexibility index (Phi) is 10.5. The summed E-state index contributed by atoms with van der Waals surface area (Å²) in [5.74, 6) is -3.15. The first-order valence-corrected chi connectivity index (χ1v) is 17.8. The molecule has 1 aromatic carbocycles. The standard InChI is InChI=1S/C33H43N5O9S/c1-4-23-17-33(23,30(41)37-48(44,45)25-13-14-25)36-28(39)26-16-24-19-38(26)29(40)27(20(2)3)35-32(43)46-15-9-5-6-10-21-11-7-8-12-22(21)18-34-31(42)47-24/h4,6-8,10-12,20,23-27H,1,5,9,13-19H2,2-3H3,(H,34,42)(H,35,43)(H,36,39)(H,37,41)/b10-6+/t23?,24-,26+,27+,33-/m1/s1. The van der Waals surface area contributed by atoms with E-state index in [9.17, 15) is 32.4 Å². The van der Waals surface area contributed by atoms with Crippen molar-refractivity contribution in [1.82, 2.24) is 25.6 Å². The topological polar surface area (TPSA) is 189 Å². The molecule has 5 rings (SSSR count). The SMILES string of the molecule is C=CC1C[C@]1(NC(=O)[C@@H]1C[C@@H]2CN1C(=O)[C@H](C(C)C)NC(=O)OCCC/C=C/c1ccccc1CNC(=O)O2)C(=O)NS(=O)(=O)C1CC1. The van der Waals surface area contributed by atoms with Gasteiger partial charge in [-0.05, 0) is 49.1 Å². The second-order valence-corrected chi connectivity index (χ2v) is 15.0. The molecule has 260 valence electrons. The van der Waals surface area contributed by atoms with Gasteiger partial charge in [0.25, 0.3) is 5.91 Å². The van der Waals surface area contributed by atoms with Crippen LogP contribution in [-0.2, 0) is 40.4 Å². The summed E-state index contributed by atoms with van der Waals surface area (Å²) in [6.45, 7) is 7.29. The second-order valence-electron chi connectivity index (χ2n) is 13.1. The maximum absolute atomic E-state index is 14.0. The van der Waals surface area contributed by atoms with Gasteiger partial charge in [0.15, 0.2) is 0 Å². The molecule has 2 bridgehead atoms. The summed E-state index contributed by atoms with van der Waals surface area (Å²) in [5.41, 5.74) is 0.162. The number of amides is 5. The zero-order valence-corrected chi connectivity index (χ0v) is 27.9. The molecular weight excluding hydrogens is 642 g/mol. The Balaban J connectivity index is 1.38. The van der Waals surface area contributed by atoms with E-state index in [2.05, 4.69) is 27.3 Å². The second kappa shape index (κ2) is 14.4. The van der Waals surface area contributed by atoms with Crippen molar-refractivity contribution in [1.29, 1.82) is 0 Å². The van der Waals surface area contributed by atoms with Crippen molar-refractivity contribution in [3.05, 3.63) is 54.1 Å². The van der Waals surface area contributed by atoms with Crippen LogP contribution in [0.15, 0.2) is 43.0 Å². The highest BCUT2D eigenvalue weighted by molar-refractivity contribution is 7.91. The molecule has 0 spiro atoms. The summed E-state index contributed by atoms with van der Waals surface area (Å²) >= 11 is 0. The van der Waals surface area contributed by atoms with E-state index >= 15 is 0 Å². The third-order valence-electron chi connectivity index (χ3n) is 9.10. The van der Waals surface area contributed by atoms with Crippen molar-refractivity contribution in [2.24, 2.45) is 11.8 Å². The normalized spacial score (nSPS) is 29.0. The quantitative estimate of drug-likeness (QED) is 0.312. The van der Waals surface area contributed by atoms with Gasteiger partial charge in [0.2, 0.25) is 21.8 Å². The van der Waals surface area contributed by atoms with Crippen molar-refractivity contribution < 1.29 is 41.9 Å². The Hall–Kier alpha value is -4.40. The third-order valence-corrected chi connectivity index (χ3v) is 10.9. The van der Waals surface area contributed by atoms with Crippen molar-refractivity contribution in [3.8, 4) is 0 Å². The Labute approximate surface area is 280 Å². The number of nitrogens with one attached hydrogen (secondary N) is 4. The van der Waals surface area contributed by atoms with Gasteiger partial charge in [0.1, 0.15) is 23.7 Å². The Bertz CT molecular complexity index is 1590. The van der Waals surface area contributed by atoms with Crippen LogP contribution >= 0.6 is 0 Å². The number of carbonyl (C=O) groups is 5. The predicted octanol–water partition coefficient (Wildman–Crippen LogP) is 2.11. The molecule has 2 aliphatic carbocycles. The minimum Gasteiger partial charge on any atom is -0.450 e. The van der Waals surface area contributed by atoms with E-state index in [1.165, 1.54) is 11.0 Å². The highest BCUT2D eigenvalue weighted by atomic mass is 32.2. The summed E-state index contributed by atoms with van der Waals surface area (Å²) < 4.78 is 38.2. The Morgan fingerprint density at radius 2 is 1.90 bits per heavy atom. The van der Waals surface area contributed by atoms with Crippen LogP contribution in [-0.4, -0.2) is 85.4 Å². The molecular formula is C33H43N5O9S. The van der Waals surface area contributed by atoms with Crippen LogP contribution in [0, 0.1) is 11.8 Å². The maximum atomic E-state index is 14.0. The molecule has 2 saturated carbocycles. The number of sulfonamides is 1. The van der Waals surface area contributed by atoms with Crippen LogP contribution in [0.25, 0.3) is 6.08 Å². The highest BCUT2D eigenvalue weighted by Crippen LogP contribution is 2.45. The Morgan fingerprint density at radius 1 is 1.15 bits per heavy atom. The van der Waals surface area contributed by atoms with E-state index in [-0.39, 0.29) is 32.5 Å². The number of nitrogens with zero attached hydrogens (tertiary/aromatic N) is 1. The molecule has 15 heteroatoms. The van der Waals surface area contributed by atoms with Crippen LogP contribution < -0.4 is 20.7 Å². The van der Waals surface area contributed by atoms with Crippen LogP contribution in [0.3, 0.4) is 0 Å². The fourth-order valence-corrected chi connectivity index (χ4v) is 7.41. The maximum Gasteiger partial charge on any atom is 0.407 e. The number of carbonyl (C=O) groups excluding carboxylic acids is 5. The lowest BCUT2D eigenvalue weighted by molar-refractivity contribution is -0.141. The molecule has 5 amide bonds. The number of hydrogen-bond acceptors (Lipinski definition) is 9. The van der Waals surface area contributed by atoms with Crippen molar-refractivity contribution in [2.45, 2.75) is 87.9 Å². The lowest BCUT2D eigenvalue weighted by Gasteiger charge is -2.31. The monoisotopic (exact) mass is 685 g/mol. The van der Waals surface area contributed by atoms with Gasteiger partial charge >= 0.3 is 12.2 Å². The number of rotatable bonds is 7. The first kappa shape index (κ1) is 34.9. The first-order chi connectivity index (χ1) is 22.8. The minimum absolute atomic E-state index is 0.101. The van der Waals surface area contributed by atoms with Gasteiger partial charge < -0.3 is 30.3 Å². The molecule has 2 aliphatic heterocycles. The van der Waals surface area contributed by atoms with Crippen LogP contribution in [0.4, 0.5) is 9.59 Å². The Morgan fingerprint density at radius 3 is 2.58 bits per heavy atom. The van der Waals surface area contributed by atoms with E-state index in [4.69, 9.17) is 9.47 Å². The molecule has 5 atom stereocenters. The van der Waals surface area contributed by atoms with Gasteiger partial charge in [-0.25, -0.2) is 18.0 Å². The van der Waals surface area contributed by atoms with Gasteiger partial charge in [0, 0.05) is 18.9 Å². The fourth-order valence-electron chi connectivity index (χ4n) is 6.05. The highest BCUT2D eigenvalue weighted by Gasteiger charge is 2.62. The van der Waals surface area contributed by atoms with Crippen LogP contribution in [0.1, 0.15) is 63.5 Å². The lowest BCUT2D eigenvalue weighted by Crippen LogP contribution is -2.59. The van der Waals surface area contributed by atoms with Crippen molar-refractivity contribution in [2.75, 3.05) is 13.2 Å². The number of allylic oxidation sites excluding steroid dienone is 1. The number of hydrogen-bond donors (Lipinski definition) is 4. The van der Waals surface area contributed by atoms with E-state index in [0.29, 0.717) is 25.7 Å². The van der Waals surface area contributed by atoms with Crippen molar-refractivity contribution >= 4 is 46.0 Å². The molecule has 4 N–H and O–H groups in total. The van der Waals surface area contributed by atoms with E-state index in [0.717, 1.165) is 11.1 Å². The molecule has 0 radical (unpaired) electrons. The van der Waals surface area contributed by atoms with Crippen LogP contribution in [0.5, 0.6) is 0 Å². The molecule has 1 saturated heterocycles. The fraction of sp³-hybridized carbons (Fsp3) is 0.545. The van der Waals surface area contributed by atoms with E-state index < -0.39 is 80.7 Å². The summed E-state index contributed by atoms with van der Waals surface area (Å²) in [5, 5.41) is 7.40. The van der Waals surface area contributed by atoms with Gasteiger partial charge in [0.05, 0.1) is 18.4 Å². The van der Waals surface area contributed by atoms with Gasteiger partial charge in [-0.1, -0.05) is 56.3 Å². The van der Waals surface area contributed by atoms with Gasteiger partial charge in [-0.3, -0.25) is 19.1 Å².